The third-order valence-electron chi connectivity index (χ3n) is 8.88. The molecule has 0 aliphatic carbocycles. The Morgan fingerprint density at radius 3 is 1.17 bits per heavy atom. The summed E-state index contributed by atoms with van der Waals surface area (Å²) in [6.07, 6.45) is 0. The zero-order chi connectivity index (χ0) is 33.4. The fourth-order valence-electron chi connectivity index (χ4n) is 6.48. The van der Waals surface area contributed by atoms with Crippen LogP contribution in [-0.4, -0.2) is 0 Å². The van der Waals surface area contributed by atoms with Crippen molar-refractivity contribution >= 4 is 67.9 Å². The molecule has 8 aromatic carbocycles. The molecule has 8 rings (SSSR count). The van der Waals surface area contributed by atoms with Crippen molar-refractivity contribution < 1.29 is 77.2 Å². The SMILES string of the molecule is Cc1cc(-c2ccc(Cl)cc2Cl)ccc1-[c-]1ccc2ccccc21.Cc1cc(-c2ccc(Cl)cc2Cl)ccc1-[c-]1ccc2ccccc21.[Cl-].[Cl-].[Zr+2].[Zr+2]. The second-order valence-electron chi connectivity index (χ2n) is 12.0. The van der Waals surface area contributed by atoms with Gasteiger partial charge in [-0.25, -0.2) is 0 Å². The minimum Gasteiger partial charge on any atom is -1.00 e. The minimum atomic E-state index is 0. The van der Waals surface area contributed by atoms with E-state index < -0.39 is 0 Å². The monoisotopic (exact) mass is 948 g/mol. The van der Waals surface area contributed by atoms with Crippen LogP contribution < -0.4 is 24.8 Å². The van der Waals surface area contributed by atoms with Gasteiger partial charge in [0.15, 0.2) is 0 Å². The van der Waals surface area contributed by atoms with Crippen molar-refractivity contribution in [2.24, 2.45) is 0 Å². The molecular formula is C44H30Cl6Zr2. The van der Waals surface area contributed by atoms with E-state index in [1.807, 2.05) is 24.3 Å². The maximum atomic E-state index is 6.35. The van der Waals surface area contributed by atoms with E-state index in [9.17, 15) is 0 Å². The Morgan fingerprint density at radius 1 is 0.423 bits per heavy atom. The van der Waals surface area contributed by atoms with Crippen LogP contribution in [0.25, 0.3) is 66.1 Å². The van der Waals surface area contributed by atoms with Gasteiger partial charge in [-0.15, -0.1) is 48.5 Å². The topological polar surface area (TPSA) is 0 Å². The van der Waals surface area contributed by atoms with Gasteiger partial charge in [-0.2, -0.15) is 0 Å². The molecule has 0 spiro atoms. The number of aryl methyl sites for hydroxylation is 2. The number of hydrogen-bond acceptors (Lipinski definition) is 0. The smallest absolute Gasteiger partial charge is 1.00 e. The van der Waals surface area contributed by atoms with Crippen LogP contribution in [0.15, 0.2) is 146 Å². The van der Waals surface area contributed by atoms with Crippen molar-refractivity contribution in [1.29, 1.82) is 0 Å². The van der Waals surface area contributed by atoms with E-state index in [-0.39, 0.29) is 77.2 Å². The van der Waals surface area contributed by atoms with E-state index in [0.717, 1.165) is 22.3 Å². The Bertz CT molecular complexity index is 2270. The normalized spacial score (nSPS) is 10.3. The molecule has 0 bridgehead atoms. The third kappa shape index (κ3) is 9.46. The summed E-state index contributed by atoms with van der Waals surface area (Å²) in [7, 11) is 0. The maximum absolute atomic E-state index is 6.35. The molecule has 0 amide bonds. The summed E-state index contributed by atoms with van der Waals surface area (Å²) in [6.45, 7) is 4.29. The zero-order valence-electron chi connectivity index (χ0n) is 28.1. The Hall–Kier alpha value is -1.95. The molecule has 0 aliphatic rings. The summed E-state index contributed by atoms with van der Waals surface area (Å²) in [6, 6.07) is 49.9. The largest absolute Gasteiger partial charge is 2.00 e. The van der Waals surface area contributed by atoms with Gasteiger partial charge < -0.3 is 24.8 Å². The first kappa shape index (κ1) is 44.4. The predicted molar refractivity (Wildman–Crippen MR) is 210 cm³/mol. The van der Waals surface area contributed by atoms with Crippen molar-refractivity contribution in [2.45, 2.75) is 13.8 Å². The molecule has 256 valence electrons. The van der Waals surface area contributed by atoms with Crippen LogP contribution in [0.1, 0.15) is 11.1 Å². The molecular weight excluding hydrogens is 924 g/mol. The Balaban J connectivity index is 0.000000260. The molecule has 0 nitrogen and oxygen atoms in total. The number of rotatable bonds is 4. The van der Waals surface area contributed by atoms with Gasteiger partial charge in [0.1, 0.15) is 0 Å². The molecule has 8 aromatic rings. The van der Waals surface area contributed by atoms with Gasteiger partial charge in [0.2, 0.25) is 0 Å². The van der Waals surface area contributed by atoms with Gasteiger partial charge in [-0.05, 0) is 46.5 Å². The Labute approximate surface area is 376 Å². The van der Waals surface area contributed by atoms with Crippen LogP contribution in [-0.2, 0) is 52.4 Å². The van der Waals surface area contributed by atoms with Gasteiger partial charge in [0, 0.05) is 20.1 Å². The number of hydrogen-bond donors (Lipinski definition) is 0. The summed E-state index contributed by atoms with van der Waals surface area (Å²) in [5, 5.41) is 7.78. The van der Waals surface area contributed by atoms with Gasteiger partial charge in [0.05, 0.1) is 0 Å². The Kier molecular flexibility index (Phi) is 16.7. The molecule has 52 heavy (non-hydrogen) atoms. The van der Waals surface area contributed by atoms with E-state index in [0.29, 0.717) is 20.1 Å². The first-order valence-electron chi connectivity index (χ1n) is 15.7. The standard InChI is InChI=1S/2C22H15Cl2.2ClH.2Zr/c2*1-14-12-16(20-11-8-17(23)13-22(20)24)7-9-18(14)21-10-6-15-4-2-3-5-19(15)21;;;;/h2*2-13H,1H3;2*1H;;/q2*-1;;;2*+2/p-2. The summed E-state index contributed by atoms with van der Waals surface area (Å²) in [4.78, 5) is 0. The predicted octanol–water partition coefficient (Wildman–Crippen LogP) is 9.02. The minimum absolute atomic E-state index is 0. The number of fused-ring (bicyclic) bond motifs is 2. The van der Waals surface area contributed by atoms with Crippen molar-refractivity contribution in [2.75, 3.05) is 0 Å². The molecule has 0 unspecified atom stereocenters. The molecule has 0 radical (unpaired) electrons. The molecule has 0 atom stereocenters. The van der Waals surface area contributed by atoms with E-state index in [1.165, 1.54) is 54.9 Å². The molecule has 0 saturated heterocycles. The second kappa shape index (κ2) is 19.6. The van der Waals surface area contributed by atoms with Crippen LogP contribution >= 0.6 is 46.4 Å². The fourth-order valence-corrected chi connectivity index (χ4v) is 7.52. The quantitative estimate of drug-likeness (QED) is 0.155. The van der Waals surface area contributed by atoms with Crippen molar-refractivity contribution in [3.8, 4) is 44.5 Å². The first-order valence-corrected chi connectivity index (χ1v) is 17.2. The van der Waals surface area contributed by atoms with Crippen LogP contribution in [0.5, 0.6) is 0 Å². The summed E-state index contributed by atoms with van der Waals surface area (Å²) < 4.78 is 0. The molecule has 0 saturated carbocycles. The maximum Gasteiger partial charge on any atom is 2.00 e. The van der Waals surface area contributed by atoms with Crippen molar-refractivity contribution in [3.63, 3.8) is 0 Å². The zero-order valence-corrected chi connectivity index (χ0v) is 37.6. The average molecular weight is 954 g/mol. The van der Waals surface area contributed by atoms with E-state index >= 15 is 0 Å². The number of benzene rings is 6. The van der Waals surface area contributed by atoms with Gasteiger partial charge >= 0.3 is 52.4 Å². The van der Waals surface area contributed by atoms with Crippen LogP contribution in [0.4, 0.5) is 0 Å². The molecule has 8 heteroatoms. The molecule has 0 heterocycles. The fraction of sp³-hybridized carbons (Fsp3) is 0.0455. The second-order valence-corrected chi connectivity index (χ2v) is 13.7. The Morgan fingerprint density at radius 2 is 0.808 bits per heavy atom. The van der Waals surface area contributed by atoms with Crippen molar-refractivity contribution in [1.82, 2.24) is 0 Å². The summed E-state index contributed by atoms with van der Waals surface area (Å²) in [5.41, 5.74) is 11.7. The van der Waals surface area contributed by atoms with Crippen LogP contribution in [0, 0.1) is 13.8 Å². The van der Waals surface area contributed by atoms with Gasteiger partial charge in [-0.1, -0.05) is 188 Å². The third-order valence-corrected chi connectivity index (χ3v) is 9.97. The van der Waals surface area contributed by atoms with Gasteiger partial charge in [0.25, 0.3) is 0 Å². The van der Waals surface area contributed by atoms with E-state index in [2.05, 4.69) is 123 Å². The molecule has 0 aromatic heterocycles. The summed E-state index contributed by atoms with van der Waals surface area (Å²) in [5.74, 6) is 0. The van der Waals surface area contributed by atoms with E-state index in [4.69, 9.17) is 46.4 Å². The van der Waals surface area contributed by atoms with Crippen LogP contribution in [0.2, 0.25) is 20.1 Å². The summed E-state index contributed by atoms with van der Waals surface area (Å²) >= 11 is 24.7. The van der Waals surface area contributed by atoms with Crippen molar-refractivity contribution in [3.05, 3.63) is 177 Å². The van der Waals surface area contributed by atoms with E-state index in [1.54, 1.807) is 12.1 Å². The van der Waals surface area contributed by atoms with Gasteiger partial charge in [-0.3, -0.25) is 0 Å². The average Bonchev–Trinajstić information content (AvgIpc) is 3.70. The molecule has 0 fully saturated rings. The number of halogens is 6. The first-order chi connectivity index (χ1) is 23.3. The molecule has 0 N–H and O–H groups in total. The van der Waals surface area contributed by atoms with Crippen LogP contribution in [0.3, 0.4) is 0 Å². The molecule has 0 aliphatic heterocycles.